The summed E-state index contributed by atoms with van der Waals surface area (Å²) in [7, 11) is 1.94. The standard InChI is InChI=1S/C11H22N4/c1-3-5-12-6-4-7-13-8-11-9-14-15(2)10-11/h9-10,12-13H,3-8H2,1-2H3. The van der Waals surface area contributed by atoms with Crippen LogP contribution in [-0.2, 0) is 13.6 Å². The average Bonchev–Trinajstić information content (AvgIpc) is 2.63. The number of nitrogens with one attached hydrogen (secondary N) is 2. The fourth-order valence-electron chi connectivity index (χ4n) is 1.44. The quantitative estimate of drug-likeness (QED) is 0.626. The second-order valence-corrected chi connectivity index (χ2v) is 3.80. The molecule has 0 aliphatic heterocycles. The molecule has 86 valence electrons. The van der Waals surface area contributed by atoms with Crippen LogP contribution in [0.15, 0.2) is 12.4 Å². The highest BCUT2D eigenvalue weighted by Gasteiger charge is 1.94. The number of hydrogen-bond donors (Lipinski definition) is 2. The molecule has 1 aromatic heterocycles. The predicted octanol–water partition coefficient (Wildman–Crippen LogP) is 0.899. The molecule has 0 saturated carbocycles. The molecule has 0 aliphatic carbocycles. The molecule has 4 nitrogen and oxygen atoms in total. The first kappa shape index (κ1) is 12.2. The van der Waals surface area contributed by atoms with E-state index in [0.717, 1.165) is 26.2 Å². The lowest BCUT2D eigenvalue weighted by molar-refractivity contribution is 0.592. The minimum Gasteiger partial charge on any atom is -0.317 e. The summed E-state index contributed by atoms with van der Waals surface area (Å²) in [6.07, 6.45) is 6.34. The molecule has 0 amide bonds. The molecule has 0 atom stereocenters. The topological polar surface area (TPSA) is 41.9 Å². The van der Waals surface area contributed by atoms with Crippen molar-refractivity contribution in [2.75, 3.05) is 19.6 Å². The van der Waals surface area contributed by atoms with Gasteiger partial charge in [-0.3, -0.25) is 4.68 Å². The minimum atomic E-state index is 0.918. The number of aryl methyl sites for hydroxylation is 1. The monoisotopic (exact) mass is 210 g/mol. The number of aromatic nitrogens is 2. The first-order chi connectivity index (χ1) is 7.33. The van der Waals surface area contributed by atoms with Crippen LogP contribution in [0.3, 0.4) is 0 Å². The van der Waals surface area contributed by atoms with E-state index in [-0.39, 0.29) is 0 Å². The molecular weight excluding hydrogens is 188 g/mol. The van der Waals surface area contributed by atoms with Crippen molar-refractivity contribution in [3.8, 4) is 0 Å². The molecule has 0 fully saturated rings. The number of hydrogen-bond acceptors (Lipinski definition) is 3. The number of nitrogens with zero attached hydrogens (tertiary/aromatic N) is 2. The van der Waals surface area contributed by atoms with Gasteiger partial charge in [0.15, 0.2) is 0 Å². The minimum absolute atomic E-state index is 0.918. The molecule has 0 unspecified atom stereocenters. The van der Waals surface area contributed by atoms with Gasteiger partial charge < -0.3 is 10.6 Å². The molecule has 0 aliphatic rings. The van der Waals surface area contributed by atoms with Gasteiger partial charge in [-0.25, -0.2) is 0 Å². The van der Waals surface area contributed by atoms with Crippen LogP contribution < -0.4 is 10.6 Å². The van der Waals surface area contributed by atoms with Crippen molar-refractivity contribution in [1.82, 2.24) is 20.4 Å². The van der Waals surface area contributed by atoms with E-state index in [1.165, 1.54) is 18.4 Å². The summed E-state index contributed by atoms with van der Waals surface area (Å²) in [5.74, 6) is 0. The van der Waals surface area contributed by atoms with Crippen LogP contribution in [0.4, 0.5) is 0 Å². The van der Waals surface area contributed by atoms with Crippen LogP contribution in [0, 0.1) is 0 Å². The zero-order chi connectivity index (χ0) is 10.9. The van der Waals surface area contributed by atoms with Crippen LogP contribution in [0.5, 0.6) is 0 Å². The largest absolute Gasteiger partial charge is 0.317 e. The van der Waals surface area contributed by atoms with Crippen molar-refractivity contribution in [3.05, 3.63) is 18.0 Å². The second-order valence-electron chi connectivity index (χ2n) is 3.80. The Morgan fingerprint density at radius 2 is 2.07 bits per heavy atom. The van der Waals surface area contributed by atoms with Crippen LogP contribution in [0.25, 0.3) is 0 Å². The summed E-state index contributed by atoms with van der Waals surface area (Å²) < 4.78 is 1.83. The summed E-state index contributed by atoms with van der Waals surface area (Å²) in [5.41, 5.74) is 1.25. The first-order valence-electron chi connectivity index (χ1n) is 5.72. The Bertz CT molecular complexity index is 257. The highest BCUT2D eigenvalue weighted by Crippen LogP contribution is 1.94. The maximum absolute atomic E-state index is 4.12. The van der Waals surface area contributed by atoms with Crippen molar-refractivity contribution in [3.63, 3.8) is 0 Å². The lowest BCUT2D eigenvalue weighted by Gasteiger charge is -2.04. The van der Waals surface area contributed by atoms with Crippen molar-refractivity contribution in [2.45, 2.75) is 26.3 Å². The summed E-state index contributed by atoms with van der Waals surface area (Å²) in [5, 5.41) is 10.9. The molecule has 0 saturated heterocycles. The Morgan fingerprint density at radius 1 is 1.27 bits per heavy atom. The van der Waals surface area contributed by atoms with Crippen LogP contribution in [-0.4, -0.2) is 29.4 Å². The van der Waals surface area contributed by atoms with E-state index in [9.17, 15) is 0 Å². The van der Waals surface area contributed by atoms with Gasteiger partial charge in [0.1, 0.15) is 0 Å². The Balaban J connectivity index is 1.93. The summed E-state index contributed by atoms with van der Waals surface area (Å²) in [6.45, 7) is 6.40. The van der Waals surface area contributed by atoms with E-state index in [4.69, 9.17) is 0 Å². The van der Waals surface area contributed by atoms with E-state index < -0.39 is 0 Å². The molecule has 1 heterocycles. The molecule has 1 aromatic rings. The van der Waals surface area contributed by atoms with Crippen LogP contribution in [0.2, 0.25) is 0 Å². The fraction of sp³-hybridized carbons (Fsp3) is 0.727. The molecule has 15 heavy (non-hydrogen) atoms. The first-order valence-corrected chi connectivity index (χ1v) is 5.72. The van der Waals surface area contributed by atoms with Gasteiger partial charge in [-0.2, -0.15) is 5.10 Å². The van der Waals surface area contributed by atoms with Crippen molar-refractivity contribution in [1.29, 1.82) is 0 Å². The van der Waals surface area contributed by atoms with Gasteiger partial charge in [-0.1, -0.05) is 6.92 Å². The van der Waals surface area contributed by atoms with Gasteiger partial charge in [0.25, 0.3) is 0 Å². The average molecular weight is 210 g/mol. The highest BCUT2D eigenvalue weighted by molar-refractivity contribution is 5.02. The van der Waals surface area contributed by atoms with Crippen LogP contribution in [0.1, 0.15) is 25.3 Å². The lowest BCUT2D eigenvalue weighted by Crippen LogP contribution is -2.22. The zero-order valence-corrected chi connectivity index (χ0v) is 9.79. The smallest absolute Gasteiger partial charge is 0.0534 e. The summed E-state index contributed by atoms with van der Waals surface area (Å²) in [6, 6.07) is 0. The van der Waals surface area contributed by atoms with Gasteiger partial charge in [-0.15, -0.1) is 0 Å². The van der Waals surface area contributed by atoms with Gasteiger partial charge in [0, 0.05) is 25.4 Å². The SMILES string of the molecule is CCCNCCCNCc1cnn(C)c1. The van der Waals surface area contributed by atoms with Gasteiger partial charge in [-0.05, 0) is 32.5 Å². The molecule has 0 bridgehead atoms. The Morgan fingerprint density at radius 3 is 2.73 bits per heavy atom. The molecule has 0 spiro atoms. The molecule has 0 aromatic carbocycles. The van der Waals surface area contributed by atoms with Crippen molar-refractivity contribution >= 4 is 0 Å². The van der Waals surface area contributed by atoms with E-state index in [0.29, 0.717) is 0 Å². The Hall–Kier alpha value is -0.870. The fourth-order valence-corrected chi connectivity index (χ4v) is 1.44. The van der Waals surface area contributed by atoms with E-state index in [1.54, 1.807) is 0 Å². The van der Waals surface area contributed by atoms with Gasteiger partial charge >= 0.3 is 0 Å². The molecular formula is C11H22N4. The van der Waals surface area contributed by atoms with Crippen molar-refractivity contribution in [2.24, 2.45) is 7.05 Å². The normalized spacial score (nSPS) is 10.8. The third kappa shape index (κ3) is 5.54. The Labute approximate surface area is 92.1 Å². The zero-order valence-electron chi connectivity index (χ0n) is 9.79. The third-order valence-corrected chi connectivity index (χ3v) is 2.22. The molecule has 4 heteroatoms. The maximum Gasteiger partial charge on any atom is 0.0534 e. The third-order valence-electron chi connectivity index (χ3n) is 2.22. The van der Waals surface area contributed by atoms with Crippen LogP contribution >= 0.6 is 0 Å². The number of rotatable bonds is 8. The summed E-state index contributed by atoms with van der Waals surface area (Å²) >= 11 is 0. The summed E-state index contributed by atoms with van der Waals surface area (Å²) in [4.78, 5) is 0. The molecule has 0 radical (unpaired) electrons. The second kappa shape index (κ2) is 7.43. The lowest BCUT2D eigenvalue weighted by atomic mass is 10.3. The molecule has 1 rings (SSSR count). The van der Waals surface area contributed by atoms with Crippen molar-refractivity contribution < 1.29 is 0 Å². The van der Waals surface area contributed by atoms with Gasteiger partial charge in [0.2, 0.25) is 0 Å². The van der Waals surface area contributed by atoms with E-state index in [1.807, 2.05) is 24.1 Å². The highest BCUT2D eigenvalue weighted by atomic mass is 15.2. The predicted molar refractivity (Wildman–Crippen MR) is 62.7 cm³/mol. The molecule has 2 N–H and O–H groups in total. The Kier molecular flexibility index (Phi) is 6.04. The van der Waals surface area contributed by atoms with E-state index in [2.05, 4.69) is 22.7 Å². The van der Waals surface area contributed by atoms with Gasteiger partial charge in [0.05, 0.1) is 6.20 Å². The van der Waals surface area contributed by atoms with E-state index >= 15 is 0 Å². The maximum atomic E-state index is 4.12.